The number of furan rings is 1. The molecular weight excluding hydrogens is 342 g/mol. The number of nitrogens with zero attached hydrogens (tertiary/aromatic N) is 1. The maximum absolute atomic E-state index is 13.2. The minimum atomic E-state index is -0.720. The summed E-state index contributed by atoms with van der Waals surface area (Å²) in [6.07, 6.45) is 5.95. The number of carbonyl (C=O) groups is 1. The second kappa shape index (κ2) is 7.39. The summed E-state index contributed by atoms with van der Waals surface area (Å²) < 4.78 is 11.3. The van der Waals surface area contributed by atoms with Crippen molar-refractivity contribution in [2.45, 2.75) is 50.7 Å². The summed E-state index contributed by atoms with van der Waals surface area (Å²) in [4.78, 5) is 15.1. The second-order valence-corrected chi connectivity index (χ2v) is 7.60. The van der Waals surface area contributed by atoms with Crippen LogP contribution in [0.2, 0.25) is 0 Å². The van der Waals surface area contributed by atoms with Crippen molar-refractivity contribution in [3.05, 3.63) is 54.0 Å². The van der Waals surface area contributed by atoms with E-state index in [0.29, 0.717) is 25.3 Å². The number of fused-ring (bicyclic) bond motifs is 1. The number of aliphatic hydroxyl groups is 1. The molecule has 1 amide bonds. The molecule has 0 spiro atoms. The Bertz CT molecular complexity index is 787. The monoisotopic (exact) mass is 369 g/mol. The maximum Gasteiger partial charge on any atom is 0.290 e. The number of para-hydroxylation sites is 1. The van der Waals surface area contributed by atoms with Gasteiger partial charge < -0.3 is 19.2 Å². The molecule has 1 N–H and O–H groups in total. The lowest BCUT2D eigenvalue weighted by Gasteiger charge is -2.52. The number of carbonyl (C=O) groups excluding carboxylic acids is 1. The van der Waals surface area contributed by atoms with Crippen LogP contribution in [0.5, 0.6) is 5.75 Å². The first-order valence-electron chi connectivity index (χ1n) is 9.92. The molecule has 1 saturated carbocycles. The van der Waals surface area contributed by atoms with Crippen LogP contribution in [0.15, 0.2) is 47.1 Å². The van der Waals surface area contributed by atoms with Crippen molar-refractivity contribution in [3.8, 4) is 5.75 Å². The van der Waals surface area contributed by atoms with Gasteiger partial charge in [0.15, 0.2) is 5.76 Å². The lowest BCUT2D eigenvalue weighted by atomic mass is 9.66. The standard InChI is InChI=1S/C22H27NO4/c1-2-26-18-10-4-3-8-16(18)20-17-9-5-6-12-22(17,25)13-14-23(20)21(24)19-11-7-15-27-19/h3-4,7-8,10-11,15,17,20,25H,2,5-6,9,12-14H2,1H3/t17-,20+,22-/m1/s1. The molecule has 27 heavy (non-hydrogen) atoms. The molecule has 0 bridgehead atoms. The van der Waals surface area contributed by atoms with Gasteiger partial charge in [0, 0.05) is 18.0 Å². The minimum Gasteiger partial charge on any atom is -0.494 e. The van der Waals surface area contributed by atoms with Gasteiger partial charge in [-0.25, -0.2) is 0 Å². The van der Waals surface area contributed by atoms with Crippen molar-refractivity contribution in [1.29, 1.82) is 0 Å². The average Bonchev–Trinajstić information content (AvgIpc) is 3.22. The summed E-state index contributed by atoms with van der Waals surface area (Å²) in [6.45, 7) is 3.03. The molecular formula is C22H27NO4. The summed E-state index contributed by atoms with van der Waals surface area (Å²) in [5, 5.41) is 11.4. The first-order chi connectivity index (χ1) is 13.1. The first kappa shape index (κ1) is 18.1. The van der Waals surface area contributed by atoms with Gasteiger partial charge in [-0.05, 0) is 44.4 Å². The molecule has 1 aromatic carbocycles. The van der Waals surface area contributed by atoms with Gasteiger partial charge in [-0.2, -0.15) is 0 Å². The first-order valence-corrected chi connectivity index (χ1v) is 9.92. The number of piperidine rings is 1. The van der Waals surface area contributed by atoms with Gasteiger partial charge in [0.05, 0.1) is 24.5 Å². The van der Waals surface area contributed by atoms with Crippen LogP contribution >= 0.6 is 0 Å². The summed E-state index contributed by atoms with van der Waals surface area (Å²) in [5.74, 6) is 1.01. The summed E-state index contributed by atoms with van der Waals surface area (Å²) in [7, 11) is 0. The van der Waals surface area contributed by atoms with Gasteiger partial charge in [-0.3, -0.25) is 4.79 Å². The quantitative estimate of drug-likeness (QED) is 0.878. The summed E-state index contributed by atoms with van der Waals surface area (Å²) in [6, 6.07) is 11.1. The van der Waals surface area contributed by atoms with Crippen molar-refractivity contribution >= 4 is 5.91 Å². The SMILES string of the molecule is CCOc1ccccc1[C@H]1[C@H]2CCCC[C@@]2(O)CCN1C(=O)c1ccco1. The molecule has 2 heterocycles. The molecule has 144 valence electrons. The van der Waals surface area contributed by atoms with Gasteiger partial charge in [0.25, 0.3) is 5.91 Å². The van der Waals surface area contributed by atoms with Crippen LogP contribution in [0, 0.1) is 5.92 Å². The van der Waals surface area contributed by atoms with E-state index in [0.717, 1.165) is 37.0 Å². The highest BCUT2D eigenvalue weighted by molar-refractivity contribution is 5.92. The zero-order valence-corrected chi connectivity index (χ0v) is 15.8. The number of ether oxygens (including phenoxy) is 1. The van der Waals surface area contributed by atoms with E-state index in [9.17, 15) is 9.90 Å². The van der Waals surface area contributed by atoms with Crippen LogP contribution in [-0.2, 0) is 0 Å². The molecule has 2 aliphatic rings. The molecule has 2 fully saturated rings. The topological polar surface area (TPSA) is 62.9 Å². The lowest BCUT2D eigenvalue weighted by Crippen LogP contribution is -2.56. The van der Waals surface area contributed by atoms with Crippen LogP contribution in [0.25, 0.3) is 0 Å². The molecule has 0 radical (unpaired) electrons. The van der Waals surface area contributed by atoms with E-state index in [1.807, 2.05) is 36.1 Å². The van der Waals surface area contributed by atoms with Crippen LogP contribution in [0.4, 0.5) is 0 Å². The Balaban J connectivity index is 1.78. The summed E-state index contributed by atoms with van der Waals surface area (Å²) in [5.41, 5.74) is 0.256. The zero-order chi connectivity index (χ0) is 18.9. The third-order valence-electron chi connectivity index (χ3n) is 6.10. The summed E-state index contributed by atoms with van der Waals surface area (Å²) >= 11 is 0. The highest BCUT2D eigenvalue weighted by atomic mass is 16.5. The number of likely N-dealkylation sites (tertiary alicyclic amines) is 1. The predicted molar refractivity (Wildman–Crippen MR) is 102 cm³/mol. The molecule has 1 aromatic heterocycles. The molecule has 0 unspecified atom stereocenters. The molecule has 4 rings (SSSR count). The van der Waals surface area contributed by atoms with Crippen LogP contribution < -0.4 is 4.74 Å². The number of hydrogen-bond donors (Lipinski definition) is 1. The number of hydrogen-bond acceptors (Lipinski definition) is 4. The lowest BCUT2D eigenvalue weighted by molar-refractivity contribution is -0.115. The van der Waals surface area contributed by atoms with Crippen molar-refractivity contribution in [2.24, 2.45) is 5.92 Å². The molecule has 1 aliphatic carbocycles. The van der Waals surface area contributed by atoms with E-state index in [2.05, 4.69) is 0 Å². The van der Waals surface area contributed by atoms with Gasteiger partial charge in [0.1, 0.15) is 5.75 Å². The van der Waals surface area contributed by atoms with E-state index < -0.39 is 5.60 Å². The Morgan fingerprint density at radius 3 is 2.89 bits per heavy atom. The van der Waals surface area contributed by atoms with Crippen molar-refractivity contribution in [2.75, 3.05) is 13.2 Å². The van der Waals surface area contributed by atoms with Crippen LogP contribution in [0.1, 0.15) is 61.2 Å². The third-order valence-corrected chi connectivity index (χ3v) is 6.10. The molecule has 5 heteroatoms. The molecule has 5 nitrogen and oxygen atoms in total. The van der Waals surface area contributed by atoms with Gasteiger partial charge >= 0.3 is 0 Å². The molecule has 3 atom stereocenters. The van der Waals surface area contributed by atoms with Gasteiger partial charge in [0.2, 0.25) is 0 Å². The smallest absolute Gasteiger partial charge is 0.290 e. The van der Waals surface area contributed by atoms with Crippen LogP contribution in [0.3, 0.4) is 0 Å². The zero-order valence-electron chi connectivity index (χ0n) is 15.8. The molecule has 1 saturated heterocycles. The van der Waals surface area contributed by atoms with E-state index in [1.54, 1.807) is 12.1 Å². The van der Waals surface area contributed by atoms with E-state index in [-0.39, 0.29) is 17.9 Å². The van der Waals surface area contributed by atoms with Gasteiger partial charge in [-0.1, -0.05) is 31.0 Å². The van der Waals surface area contributed by atoms with Crippen LogP contribution in [-0.4, -0.2) is 34.7 Å². The molecule has 1 aliphatic heterocycles. The Morgan fingerprint density at radius 1 is 1.26 bits per heavy atom. The van der Waals surface area contributed by atoms with Crippen molar-refractivity contribution < 1.29 is 19.1 Å². The van der Waals surface area contributed by atoms with E-state index in [4.69, 9.17) is 9.15 Å². The second-order valence-electron chi connectivity index (χ2n) is 7.60. The maximum atomic E-state index is 13.2. The van der Waals surface area contributed by atoms with Gasteiger partial charge in [-0.15, -0.1) is 0 Å². The van der Waals surface area contributed by atoms with Crippen molar-refractivity contribution in [1.82, 2.24) is 4.90 Å². The fourth-order valence-corrected chi connectivity index (χ4v) is 4.85. The van der Waals surface area contributed by atoms with Crippen molar-refractivity contribution in [3.63, 3.8) is 0 Å². The largest absolute Gasteiger partial charge is 0.494 e. The highest BCUT2D eigenvalue weighted by Gasteiger charge is 2.51. The number of benzene rings is 1. The third kappa shape index (κ3) is 3.25. The fourth-order valence-electron chi connectivity index (χ4n) is 4.85. The Labute approximate surface area is 159 Å². The average molecular weight is 369 g/mol. The number of amides is 1. The fraction of sp³-hybridized carbons (Fsp3) is 0.500. The Kier molecular flexibility index (Phi) is 4.96. The van der Waals surface area contributed by atoms with E-state index in [1.165, 1.54) is 6.26 Å². The normalized spacial score (nSPS) is 27.9. The predicted octanol–water partition coefficient (Wildman–Crippen LogP) is 4.19. The minimum absolute atomic E-state index is 0.000480. The molecule has 2 aromatic rings. The van der Waals surface area contributed by atoms with E-state index >= 15 is 0 Å². The Hall–Kier alpha value is -2.27. The highest BCUT2D eigenvalue weighted by Crippen LogP contribution is 2.51. The number of rotatable bonds is 4. The Morgan fingerprint density at radius 2 is 2.11 bits per heavy atom.